The lowest BCUT2D eigenvalue weighted by molar-refractivity contribution is -0.0514. The van der Waals surface area contributed by atoms with Crippen molar-refractivity contribution in [1.82, 2.24) is 0 Å². The van der Waals surface area contributed by atoms with Gasteiger partial charge in [-0.15, -0.1) is 0 Å². The Balaban J connectivity index is 2.69. The second kappa shape index (κ2) is 5.39. The maximum atomic E-state index is 11.9. The van der Waals surface area contributed by atoms with Crippen molar-refractivity contribution in [2.75, 3.05) is 13.2 Å². The Morgan fingerprint density at radius 1 is 1.21 bits per heavy atom. The quantitative estimate of drug-likeness (QED) is 0.790. The molecule has 1 rings (SSSR count). The summed E-state index contributed by atoms with van der Waals surface area (Å²) < 4.78 is 33.2. The lowest BCUT2D eigenvalue weighted by atomic mass is 10.3. The van der Waals surface area contributed by atoms with Crippen molar-refractivity contribution in [3.63, 3.8) is 0 Å². The Morgan fingerprint density at radius 3 is 2.43 bits per heavy atom. The third-order valence-electron chi connectivity index (χ3n) is 1.44. The lowest BCUT2D eigenvalue weighted by Gasteiger charge is -2.10. The predicted molar refractivity (Wildman–Crippen MR) is 47.6 cm³/mol. The van der Waals surface area contributed by atoms with Crippen molar-refractivity contribution in [3.8, 4) is 11.5 Å². The number of hydrogen-bond acceptors (Lipinski definition) is 3. The number of nitrogens with two attached hydrogens (primary N) is 1. The number of halogens is 2. The van der Waals surface area contributed by atoms with Crippen LogP contribution in [0.4, 0.5) is 8.78 Å². The van der Waals surface area contributed by atoms with Gasteiger partial charge in [0.25, 0.3) is 0 Å². The molecule has 3 nitrogen and oxygen atoms in total. The van der Waals surface area contributed by atoms with E-state index < -0.39 is 6.61 Å². The van der Waals surface area contributed by atoms with E-state index in [0.29, 0.717) is 6.54 Å². The van der Waals surface area contributed by atoms with Crippen LogP contribution < -0.4 is 15.2 Å². The smallest absolute Gasteiger partial charge is 0.387 e. The Morgan fingerprint density at radius 2 is 1.86 bits per heavy atom. The Hall–Kier alpha value is -1.36. The first-order chi connectivity index (χ1) is 6.74. The molecule has 14 heavy (non-hydrogen) atoms. The van der Waals surface area contributed by atoms with E-state index in [0.717, 1.165) is 0 Å². The molecule has 0 aliphatic heterocycles. The zero-order valence-electron chi connectivity index (χ0n) is 7.45. The fourth-order valence-corrected chi connectivity index (χ4v) is 0.932. The molecule has 0 amide bonds. The number of hydrogen-bond donors (Lipinski definition) is 1. The molecule has 0 aromatic heterocycles. The highest BCUT2D eigenvalue weighted by molar-refractivity contribution is 5.39. The van der Waals surface area contributed by atoms with Gasteiger partial charge in [-0.05, 0) is 12.1 Å². The molecule has 0 spiro atoms. The largest absolute Gasteiger partial charge is 0.488 e. The van der Waals surface area contributed by atoms with Crippen LogP contribution in [0.2, 0.25) is 0 Å². The standard InChI is InChI=1S/C9H11F2NO2/c10-9(11)14-8-4-2-1-3-7(8)13-6-5-12/h1-4,9H,5-6,12H2. The van der Waals surface area contributed by atoms with Crippen LogP contribution in [0.1, 0.15) is 0 Å². The number of ether oxygens (including phenoxy) is 2. The molecule has 0 fully saturated rings. The summed E-state index contributed by atoms with van der Waals surface area (Å²) in [5.41, 5.74) is 5.21. The summed E-state index contributed by atoms with van der Waals surface area (Å²) >= 11 is 0. The summed E-state index contributed by atoms with van der Waals surface area (Å²) in [5.74, 6) is 0.300. The Bertz CT molecular complexity index is 281. The van der Waals surface area contributed by atoms with Crippen LogP contribution >= 0.6 is 0 Å². The molecule has 0 saturated carbocycles. The molecule has 0 unspecified atom stereocenters. The third kappa shape index (κ3) is 3.18. The van der Waals surface area contributed by atoms with Gasteiger partial charge in [-0.3, -0.25) is 0 Å². The minimum absolute atomic E-state index is 0.0240. The van der Waals surface area contributed by atoms with Crippen molar-refractivity contribution in [1.29, 1.82) is 0 Å². The number of rotatable bonds is 5. The zero-order chi connectivity index (χ0) is 10.4. The van der Waals surface area contributed by atoms with Gasteiger partial charge in [0.05, 0.1) is 0 Å². The van der Waals surface area contributed by atoms with Gasteiger partial charge in [0.2, 0.25) is 0 Å². The molecule has 0 heterocycles. The van der Waals surface area contributed by atoms with Crippen LogP contribution in [0, 0.1) is 0 Å². The van der Waals surface area contributed by atoms with Crippen molar-refractivity contribution in [3.05, 3.63) is 24.3 Å². The van der Waals surface area contributed by atoms with E-state index in [1.165, 1.54) is 6.07 Å². The fourth-order valence-electron chi connectivity index (χ4n) is 0.932. The average molecular weight is 203 g/mol. The molecule has 1 aromatic rings. The van der Waals surface area contributed by atoms with Gasteiger partial charge in [0.1, 0.15) is 6.61 Å². The maximum Gasteiger partial charge on any atom is 0.387 e. The molecular weight excluding hydrogens is 192 g/mol. The number of alkyl halides is 2. The highest BCUT2D eigenvalue weighted by atomic mass is 19.3. The van der Waals surface area contributed by atoms with Crippen molar-refractivity contribution in [2.24, 2.45) is 5.73 Å². The van der Waals surface area contributed by atoms with Gasteiger partial charge in [-0.1, -0.05) is 12.1 Å². The molecule has 0 saturated heterocycles. The Labute approximate surface area is 80.4 Å². The summed E-state index contributed by atoms with van der Waals surface area (Å²) in [6.45, 7) is -2.26. The predicted octanol–water partition coefficient (Wildman–Crippen LogP) is 1.63. The third-order valence-corrected chi connectivity index (χ3v) is 1.44. The number of para-hydroxylation sites is 2. The normalized spacial score (nSPS) is 10.3. The van der Waals surface area contributed by atoms with Gasteiger partial charge >= 0.3 is 6.61 Å². The molecule has 0 aliphatic rings. The van der Waals surface area contributed by atoms with E-state index in [-0.39, 0.29) is 18.1 Å². The van der Waals surface area contributed by atoms with Crippen LogP contribution in [-0.2, 0) is 0 Å². The van der Waals surface area contributed by atoms with Crippen LogP contribution in [0.15, 0.2) is 24.3 Å². The molecule has 0 aliphatic carbocycles. The second-order valence-electron chi connectivity index (χ2n) is 2.46. The molecule has 5 heteroatoms. The monoisotopic (exact) mass is 203 g/mol. The van der Waals surface area contributed by atoms with Gasteiger partial charge in [-0.25, -0.2) is 0 Å². The SMILES string of the molecule is NCCOc1ccccc1OC(F)F. The van der Waals surface area contributed by atoms with Crippen LogP contribution in [-0.4, -0.2) is 19.8 Å². The van der Waals surface area contributed by atoms with Crippen LogP contribution in [0.3, 0.4) is 0 Å². The maximum absolute atomic E-state index is 11.9. The van der Waals surface area contributed by atoms with Crippen LogP contribution in [0.25, 0.3) is 0 Å². The Kier molecular flexibility index (Phi) is 4.12. The summed E-state index contributed by atoms with van der Waals surface area (Å²) in [6, 6.07) is 6.22. The van der Waals surface area contributed by atoms with Crippen molar-refractivity contribution < 1.29 is 18.3 Å². The minimum Gasteiger partial charge on any atom is -0.488 e. The van der Waals surface area contributed by atoms with E-state index in [9.17, 15) is 8.78 Å². The van der Waals surface area contributed by atoms with E-state index in [2.05, 4.69) is 4.74 Å². The minimum atomic E-state index is -2.85. The van der Waals surface area contributed by atoms with Gasteiger partial charge in [0, 0.05) is 6.54 Å². The van der Waals surface area contributed by atoms with Gasteiger partial charge in [0.15, 0.2) is 11.5 Å². The highest BCUT2D eigenvalue weighted by Crippen LogP contribution is 2.27. The molecule has 78 valence electrons. The first kappa shape index (κ1) is 10.7. The summed E-state index contributed by atoms with van der Waals surface area (Å²) in [4.78, 5) is 0. The lowest BCUT2D eigenvalue weighted by Crippen LogP contribution is -2.12. The summed E-state index contributed by atoms with van der Waals surface area (Å²) in [6.07, 6.45) is 0. The summed E-state index contributed by atoms with van der Waals surface area (Å²) in [7, 11) is 0. The fraction of sp³-hybridized carbons (Fsp3) is 0.333. The highest BCUT2D eigenvalue weighted by Gasteiger charge is 2.09. The molecule has 0 bridgehead atoms. The van der Waals surface area contributed by atoms with Crippen molar-refractivity contribution in [2.45, 2.75) is 6.61 Å². The van der Waals surface area contributed by atoms with E-state index >= 15 is 0 Å². The number of benzene rings is 1. The van der Waals surface area contributed by atoms with Crippen LogP contribution in [0.5, 0.6) is 11.5 Å². The molecule has 0 atom stereocenters. The van der Waals surface area contributed by atoms with E-state index in [1.807, 2.05) is 0 Å². The van der Waals surface area contributed by atoms with E-state index in [4.69, 9.17) is 10.5 Å². The summed E-state index contributed by atoms with van der Waals surface area (Å²) in [5, 5.41) is 0. The van der Waals surface area contributed by atoms with Gasteiger partial charge in [-0.2, -0.15) is 8.78 Å². The first-order valence-electron chi connectivity index (χ1n) is 4.10. The molecule has 1 aromatic carbocycles. The molecule has 2 N–H and O–H groups in total. The molecule has 0 radical (unpaired) electrons. The molecular formula is C9H11F2NO2. The topological polar surface area (TPSA) is 44.5 Å². The zero-order valence-corrected chi connectivity index (χ0v) is 7.45. The van der Waals surface area contributed by atoms with Gasteiger partial charge < -0.3 is 15.2 Å². The average Bonchev–Trinajstić information content (AvgIpc) is 2.16. The van der Waals surface area contributed by atoms with E-state index in [1.54, 1.807) is 18.2 Å². The second-order valence-corrected chi connectivity index (χ2v) is 2.46. The van der Waals surface area contributed by atoms with Crippen molar-refractivity contribution >= 4 is 0 Å². The first-order valence-corrected chi connectivity index (χ1v) is 4.10.